The quantitative estimate of drug-likeness (QED) is 0.651. The van der Waals surface area contributed by atoms with Crippen molar-refractivity contribution < 1.29 is 4.39 Å². The van der Waals surface area contributed by atoms with Gasteiger partial charge in [0.1, 0.15) is 5.82 Å². The minimum Gasteiger partial charge on any atom is -0.317 e. The Hall–Kier alpha value is -1.81. The Bertz CT molecular complexity index is 781. The Morgan fingerprint density at radius 1 is 1.30 bits per heavy atom. The first-order chi connectivity index (χ1) is 11.2. The number of halogens is 1. The van der Waals surface area contributed by atoms with E-state index in [2.05, 4.69) is 11.6 Å². The maximum absolute atomic E-state index is 14.2. The zero-order valence-corrected chi connectivity index (χ0v) is 13.8. The Morgan fingerprint density at radius 3 is 2.96 bits per heavy atom. The summed E-state index contributed by atoms with van der Waals surface area (Å²) in [6, 6.07) is 6.87. The molecule has 120 valence electrons. The molecular weight excluding hydrogens is 309 g/mol. The number of allylic oxidation sites excluding steroid dienone is 1. The second-order valence-electron chi connectivity index (χ2n) is 5.83. The standard InChI is InChI=1S/C19H20FNOS/c1-2-6-13-8-5-10-17(20)16(13)12-23-19-15-9-4-3-7-14(15)11-18(22)21-19/h2,5,8,10-11H,1,3-4,6-7,9,12H2,(H,21,22). The van der Waals surface area contributed by atoms with E-state index in [1.54, 1.807) is 18.2 Å². The summed E-state index contributed by atoms with van der Waals surface area (Å²) in [5.41, 5.74) is 3.99. The summed E-state index contributed by atoms with van der Waals surface area (Å²) in [5, 5.41) is 0.903. The Morgan fingerprint density at radius 2 is 2.13 bits per heavy atom. The highest BCUT2D eigenvalue weighted by molar-refractivity contribution is 7.98. The van der Waals surface area contributed by atoms with E-state index >= 15 is 0 Å². The minimum absolute atomic E-state index is 0.0620. The molecule has 23 heavy (non-hydrogen) atoms. The normalized spacial score (nSPS) is 13.6. The summed E-state index contributed by atoms with van der Waals surface area (Å²) >= 11 is 1.53. The van der Waals surface area contributed by atoms with Crippen LogP contribution in [0.15, 0.2) is 46.7 Å². The van der Waals surface area contributed by atoms with Gasteiger partial charge in [0, 0.05) is 17.4 Å². The van der Waals surface area contributed by atoms with Crippen molar-refractivity contribution in [2.24, 2.45) is 0 Å². The lowest BCUT2D eigenvalue weighted by Crippen LogP contribution is -2.14. The van der Waals surface area contributed by atoms with Gasteiger partial charge in [-0.25, -0.2) is 4.39 Å². The van der Waals surface area contributed by atoms with E-state index in [9.17, 15) is 9.18 Å². The fourth-order valence-corrected chi connectivity index (χ4v) is 4.30. The largest absolute Gasteiger partial charge is 0.317 e. The van der Waals surface area contributed by atoms with Gasteiger partial charge >= 0.3 is 0 Å². The first-order valence-corrected chi connectivity index (χ1v) is 8.92. The molecule has 1 aromatic carbocycles. The summed E-state index contributed by atoms with van der Waals surface area (Å²) in [6.45, 7) is 3.74. The van der Waals surface area contributed by atoms with Crippen molar-refractivity contribution in [2.75, 3.05) is 0 Å². The summed E-state index contributed by atoms with van der Waals surface area (Å²) in [7, 11) is 0. The number of rotatable bonds is 5. The van der Waals surface area contributed by atoms with Crippen molar-refractivity contribution in [3.05, 3.63) is 75.3 Å². The van der Waals surface area contributed by atoms with Crippen LogP contribution in [0.3, 0.4) is 0 Å². The average molecular weight is 329 g/mol. The van der Waals surface area contributed by atoms with E-state index in [0.29, 0.717) is 17.7 Å². The average Bonchev–Trinajstić information content (AvgIpc) is 2.54. The lowest BCUT2D eigenvalue weighted by molar-refractivity contribution is 0.615. The number of aromatic amines is 1. The van der Waals surface area contributed by atoms with Crippen LogP contribution < -0.4 is 5.56 Å². The third kappa shape index (κ3) is 3.58. The highest BCUT2D eigenvalue weighted by Crippen LogP contribution is 2.31. The molecule has 0 saturated carbocycles. The molecule has 1 aromatic heterocycles. The number of benzene rings is 1. The SMILES string of the molecule is C=CCc1cccc(F)c1CSc1[nH]c(=O)cc2c1CCCC2. The zero-order valence-electron chi connectivity index (χ0n) is 13.0. The van der Waals surface area contributed by atoms with Crippen LogP contribution in [0, 0.1) is 5.82 Å². The van der Waals surface area contributed by atoms with Gasteiger partial charge in [0.2, 0.25) is 5.56 Å². The van der Waals surface area contributed by atoms with E-state index in [1.165, 1.54) is 23.4 Å². The van der Waals surface area contributed by atoms with Gasteiger partial charge in [-0.2, -0.15) is 0 Å². The maximum atomic E-state index is 14.2. The van der Waals surface area contributed by atoms with Gasteiger partial charge in [0.15, 0.2) is 0 Å². The van der Waals surface area contributed by atoms with Crippen LogP contribution in [0.5, 0.6) is 0 Å². The number of hydrogen-bond donors (Lipinski definition) is 1. The number of aromatic nitrogens is 1. The maximum Gasteiger partial charge on any atom is 0.249 e. The minimum atomic E-state index is -0.191. The molecule has 2 aromatic rings. The molecule has 0 spiro atoms. The number of H-pyrrole nitrogens is 1. The molecule has 2 nitrogen and oxygen atoms in total. The van der Waals surface area contributed by atoms with E-state index < -0.39 is 0 Å². The molecule has 1 aliphatic carbocycles. The molecule has 4 heteroatoms. The number of thioether (sulfide) groups is 1. The van der Waals surface area contributed by atoms with Crippen LogP contribution >= 0.6 is 11.8 Å². The molecule has 0 unspecified atom stereocenters. The number of hydrogen-bond acceptors (Lipinski definition) is 2. The van der Waals surface area contributed by atoms with Crippen molar-refractivity contribution in [3.8, 4) is 0 Å². The number of nitrogens with one attached hydrogen (secondary N) is 1. The van der Waals surface area contributed by atoms with Crippen LogP contribution in [0.25, 0.3) is 0 Å². The van der Waals surface area contributed by atoms with Crippen molar-refractivity contribution in [3.63, 3.8) is 0 Å². The Labute approximate surface area is 139 Å². The number of fused-ring (bicyclic) bond motifs is 1. The fraction of sp³-hybridized carbons (Fsp3) is 0.316. The van der Waals surface area contributed by atoms with Crippen LogP contribution in [-0.4, -0.2) is 4.98 Å². The topological polar surface area (TPSA) is 32.9 Å². The third-order valence-corrected chi connectivity index (χ3v) is 5.34. The van der Waals surface area contributed by atoms with Gasteiger partial charge in [-0.15, -0.1) is 18.3 Å². The van der Waals surface area contributed by atoms with Crippen molar-refractivity contribution in [2.45, 2.75) is 42.9 Å². The number of aryl methyl sites for hydroxylation is 1. The lowest BCUT2D eigenvalue weighted by atomic mass is 9.93. The predicted octanol–water partition coefficient (Wildman–Crippen LogP) is 4.41. The second-order valence-corrected chi connectivity index (χ2v) is 6.82. The predicted molar refractivity (Wildman–Crippen MR) is 93.6 cm³/mol. The van der Waals surface area contributed by atoms with Crippen molar-refractivity contribution >= 4 is 11.8 Å². The van der Waals surface area contributed by atoms with Crippen LogP contribution in [0.4, 0.5) is 4.39 Å². The Balaban J connectivity index is 1.88. The molecule has 0 aliphatic heterocycles. The van der Waals surface area contributed by atoms with E-state index in [0.717, 1.165) is 41.8 Å². The summed E-state index contributed by atoms with van der Waals surface area (Å²) in [4.78, 5) is 14.8. The van der Waals surface area contributed by atoms with Gasteiger partial charge in [-0.05, 0) is 54.9 Å². The Kier molecular flexibility index (Phi) is 5.01. The molecule has 0 amide bonds. The molecule has 3 rings (SSSR count). The number of pyridine rings is 1. The fourth-order valence-electron chi connectivity index (χ4n) is 3.11. The van der Waals surface area contributed by atoms with E-state index in [-0.39, 0.29) is 11.4 Å². The van der Waals surface area contributed by atoms with Gasteiger partial charge < -0.3 is 4.98 Å². The molecule has 0 saturated heterocycles. The molecular formula is C19H20FNOS. The monoisotopic (exact) mass is 329 g/mol. The molecule has 1 aliphatic rings. The summed E-state index contributed by atoms with van der Waals surface area (Å²) in [6.07, 6.45) is 6.68. The molecule has 1 N–H and O–H groups in total. The molecule has 0 fully saturated rings. The van der Waals surface area contributed by atoms with Gasteiger partial charge in [0.25, 0.3) is 0 Å². The van der Waals surface area contributed by atoms with Crippen LogP contribution in [0.2, 0.25) is 0 Å². The van der Waals surface area contributed by atoms with Gasteiger partial charge in [0.05, 0.1) is 5.03 Å². The highest BCUT2D eigenvalue weighted by Gasteiger charge is 2.16. The molecule has 0 bridgehead atoms. The highest BCUT2D eigenvalue weighted by atomic mass is 32.2. The molecule has 1 heterocycles. The van der Waals surface area contributed by atoms with Crippen LogP contribution in [0.1, 0.15) is 35.1 Å². The third-order valence-electron chi connectivity index (χ3n) is 4.27. The van der Waals surface area contributed by atoms with Crippen LogP contribution in [-0.2, 0) is 25.0 Å². The molecule has 0 radical (unpaired) electrons. The van der Waals surface area contributed by atoms with Crippen molar-refractivity contribution in [1.29, 1.82) is 0 Å². The zero-order chi connectivity index (χ0) is 16.2. The van der Waals surface area contributed by atoms with E-state index in [4.69, 9.17) is 0 Å². The molecule has 0 atom stereocenters. The van der Waals surface area contributed by atoms with Gasteiger partial charge in [-0.1, -0.05) is 18.2 Å². The smallest absolute Gasteiger partial charge is 0.249 e. The van der Waals surface area contributed by atoms with E-state index in [1.807, 2.05) is 6.07 Å². The van der Waals surface area contributed by atoms with Crippen molar-refractivity contribution in [1.82, 2.24) is 4.98 Å². The lowest BCUT2D eigenvalue weighted by Gasteiger charge is -2.18. The second kappa shape index (κ2) is 7.18. The van der Waals surface area contributed by atoms with Gasteiger partial charge in [-0.3, -0.25) is 4.79 Å². The summed E-state index contributed by atoms with van der Waals surface area (Å²) < 4.78 is 14.2. The first-order valence-electron chi connectivity index (χ1n) is 7.94. The summed E-state index contributed by atoms with van der Waals surface area (Å²) in [5.74, 6) is 0.325. The first kappa shape index (κ1) is 16.1.